The van der Waals surface area contributed by atoms with Gasteiger partial charge in [0, 0.05) is 18.5 Å². The minimum atomic E-state index is -3.82. The Bertz CT molecular complexity index is 655. The molecule has 0 aromatic heterocycles. The fraction of sp³-hybridized carbons (Fsp3) is 0.429. The van der Waals surface area contributed by atoms with Crippen LogP contribution in [-0.2, 0) is 14.8 Å². The van der Waals surface area contributed by atoms with Crippen molar-refractivity contribution in [1.29, 1.82) is 0 Å². The van der Waals surface area contributed by atoms with E-state index in [0.717, 1.165) is 6.42 Å². The van der Waals surface area contributed by atoms with Gasteiger partial charge in [0.2, 0.25) is 15.9 Å². The van der Waals surface area contributed by atoms with Crippen molar-refractivity contribution in [2.24, 2.45) is 0 Å². The van der Waals surface area contributed by atoms with E-state index < -0.39 is 16.1 Å². The number of piperidine rings is 1. The van der Waals surface area contributed by atoms with E-state index in [1.54, 1.807) is 13.0 Å². The minimum absolute atomic E-state index is 0.000161. The highest BCUT2D eigenvalue weighted by molar-refractivity contribution is 7.89. The summed E-state index contributed by atoms with van der Waals surface area (Å²) < 4.78 is 27.0. The molecule has 1 aliphatic heterocycles. The highest BCUT2D eigenvalue weighted by Crippen LogP contribution is 2.15. The van der Waals surface area contributed by atoms with Gasteiger partial charge in [0.15, 0.2) is 5.78 Å². The molecule has 1 aromatic carbocycles. The molecule has 0 bridgehead atoms. The fourth-order valence-corrected chi connectivity index (χ4v) is 3.46. The summed E-state index contributed by atoms with van der Waals surface area (Å²) in [6.07, 6.45) is 1.51. The van der Waals surface area contributed by atoms with Crippen LogP contribution in [0.4, 0.5) is 0 Å². The van der Waals surface area contributed by atoms with Gasteiger partial charge >= 0.3 is 0 Å². The first kappa shape index (κ1) is 15.7. The summed E-state index contributed by atoms with van der Waals surface area (Å²) in [5.74, 6) is -0.437. The molecule has 1 atom stereocenters. The molecule has 1 unspecified atom stereocenters. The number of sulfonamides is 1. The molecule has 6 nitrogen and oxygen atoms in total. The predicted octanol–water partition coefficient (Wildman–Crippen LogP) is 0.836. The Hall–Kier alpha value is -1.73. The van der Waals surface area contributed by atoms with E-state index in [2.05, 4.69) is 10.0 Å². The van der Waals surface area contributed by atoms with Crippen LogP contribution in [0.25, 0.3) is 0 Å². The first-order valence-corrected chi connectivity index (χ1v) is 8.35. The SMILES string of the molecule is CCC(=O)c1cccc(S(=O)(=O)NC2CCCNC2=O)c1. The second-order valence-electron chi connectivity index (χ2n) is 4.91. The monoisotopic (exact) mass is 310 g/mol. The maximum atomic E-state index is 12.3. The zero-order valence-electron chi connectivity index (χ0n) is 11.8. The van der Waals surface area contributed by atoms with Gasteiger partial charge in [-0.25, -0.2) is 8.42 Å². The molecule has 2 rings (SSSR count). The van der Waals surface area contributed by atoms with Crippen molar-refractivity contribution in [2.45, 2.75) is 37.1 Å². The smallest absolute Gasteiger partial charge is 0.241 e. The average Bonchev–Trinajstić information content (AvgIpc) is 2.49. The van der Waals surface area contributed by atoms with Crippen LogP contribution >= 0.6 is 0 Å². The highest BCUT2D eigenvalue weighted by atomic mass is 32.2. The Morgan fingerprint density at radius 1 is 1.43 bits per heavy atom. The lowest BCUT2D eigenvalue weighted by Crippen LogP contribution is -2.50. The molecule has 0 saturated carbocycles. The van der Waals surface area contributed by atoms with Crippen LogP contribution < -0.4 is 10.0 Å². The molecular formula is C14H18N2O4S. The van der Waals surface area contributed by atoms with Crippen LogP contribution in [0.3, 0.4) is 0 Å². The van der Waals surface area contributed by atoms with E-state index in [-0.39, 0.29) is 16.6 Å². The molecule has 1 amide bonds. The van der Waals surface area contributed by atoms with Gasteiger partial charge in [-0.05, 0) is 25.0 Å². The summed E-state index contributed by atoms with van der Waals surface area (Å²) >= 11 is 0. The molecule has 1 heterocycles. The molecule has 21 heavy (non-hydrogen) atoms. The van der Waals surface area contributed by atoms with Gasteiger partial charge in [-0.3, -0.25) is 9.59 Å². The molecule has 1 fully saturated rings. The molecule has 0 radical (unpaired) electrons. The lowest BCUT2D eigenvalue weighted by Gasteiger charge is -2.22. The largest absolute Gasteiger partial charge is 0.355 e. The Labute approximate surface area is 124 Å². The standard InChI is InChI=1S/C14H18N2O4S/c1-2-13(17)10-5-3-6-11(9-10)21(19,20)16-12-7-4-8-15-14(12)18/h3,5-6,9,12,16H,2,4,7-8H2,1H3,(H,15,18). The van der Waals surface area contributed by atoms with Gasteiger partial charge in [0.25, 0.3) is 0 Å². The molecule has 2 N–H and O–H groups in total. The van der Waals surface area contributed by atoms with Crippen molar-refractivity contribution in [1.82, 2.24) is 10.0 Å². The maximum Gasteiger partial charge on any atom is 0.241 e. The number of hydrogen-bond donors (Lipinski definition) is 2. The van der Waals surface area contributed by atoms with Crippen LogP contribution in [-0.4, -0.2) is 32.7 Å². The van der Waals surface area contributed by atoms with Gasteiger partial charge < -0.3 is 5.32 Å². The normalized spacial score (nSPS) is 19.1. The van der Waals surface area contributed by atoms with Gasteiger partial charge in [-0.2, -0.15) is 4.72 Å². The van der Waals surface area contributed by atoms with E-state index in [9.17, 15) is 18.0 Å². The number of carbonyl (C=O) groups is 2. The quantitative estimate of drug-likeness (QED) is 0.788. The Kier molecular flexibility index (Phi) is 4.74. The van der Waals surface area contributed by atoms with Crippen molar-refractivity contribution < 1.29 is 18.0 Å². The van der Waals surface area contributed by atoms with Gasteiger partial charge in [0.05, 0.1) is 4.90 Å². The van der Waals surface area contributed by atoms with Crippen LogP contribution in [0.1, 0.15) is 36.5 Å². The summed E-state index contributed by atoms with van der Waals surface area (Å²) in [5.41, 5.74) is 0.355. The summed E-state index contributed by atoms with van der Waals surface area (Å²) in [6, 6.07) is 5.11. The Balaban J connectivity index is 2.23. The number of amides is 1. The zero-order chi connectivity index (χ0) is 15.5. The molecule has 1 aliphatic rings. The van der Waals surface area contributed by atoms with Crippen LogP contribution in [0, 0.1) is 0 Å². The Morgan fingerprint density at radius 3 is 2.86 bits per heavy atom. The molecule has 0 aliphatic carbocycles. The zero-order valence-corrected chi connectivity index (χ0v) is 12.6. The number of rotatable bonds is 5. The molecular weight excluding hydrogens is 292 g/mol. The van der Waals surface area contributed by atoms with Crippen molar-refractivity contribution in [3.63, 3.8) is 0 Å². The summed E-state index contributed by atoms with van der Waals surface area (Å²) in [5, 5.41) is 2.62. The van der Waals surface area contributed by atoms with E-state index in [0.29, 0.717) is 24.9 Å². The van der Waals surface area contributed by atoms with Crippen LogP contribution in [0.5, 0.6) is 0 Å². The number of Topliss-reactive ketones (excluding diaryl/α,β-unsaturated/α-hetero) is 1. The summed E-state index contributed by atoms with van der Waals surface area (Å²) in [4.78, 5) is 23.3. The average molecular weight is 310 g/mol. The molecule has 0 spiro atoms. The van der Waals surface area contributed by atoms with Crippen molar-refractivity contribution in [2.75, 3.05) is 6.54 Å². The number of hydrogen-bond acceptors (Lipinski definition) is 4. The first-order valence-electron chi connectivity index (χ1n) is 6.87. The lowest BCUT2D eigenvalue weighted by atomic mass is 10.1. The second-order valence-corrected chi connectivity index (χ2v) is 6.63. The molecule has 7 heteroatoms. The summed E-state index contributed by atoms with van der Waals surface area (Å²) in [7, 11) is -3.82. The van der Waals surface area contributed by atoms with Crippen molar-refractivity contribution in [3.05, 3.63) is 29.8 Å². The van der Waals surface area contributed by atoms with Crippen molar-refractivity contribution >= 4 is 21.7 Å². The highest BCUT2D eigenvalue weighted by Gasteiger charge is 2.27. The van der Waals surface area contributed by atoms with E-state index in [1.165, 1.54) is 18.2 Å². The Morgan fingerprint density at radius 2 is 2.19 bits per heavy atom. The van der Waals surface area contributed by atoms with Gasteiger partial charge in [-0.1, -0.05) is 19.1 Å². The van der Waals surface area contributed by atoms with Crippen molar-refractivity contribution in [3.8, 4) is 0 Å². The lowest BCUT2D eigenvalue weighted by molar-refractivity contribution is -0.124. The fourth-order valence-electron chi connectivity index (χ4n) is 2.18. The third kappa shape index (κ3) is 3.68. The second kappa shape index (κ2) is 6.36. The third-order valence-corrected chi connectivity index (χ3v) is 4.84. The predicted molar refractivity (Wildman–Crippen MR) is 77.4 cm³/mol. The number of benzene rings is 1. The molecule has 1 aromatic rings. The van der Waals surface area contributed by atoms with E-state index in [4.69, 9.17) is 0 Å². The molecule has 1 saturated heterocycles. The maximum absolute atomic E-state index is 12.3. The molecule has 114 valence electrons. The third-order valence-electron chi connectivity index (χ3n) is 3.37. The van der Waals surface area contributed by atoms with Crippen LogP contribution in [0.15, 0.2) is 29.2 Å². The van der Waals surface area contributed by atoms with E-state index >= 15 is 0 Å². The van der Waals surface area contributed by atoms with Gasteiger partial charge in [-0.15, -0.1) is 0 Å². The summed E-state index contributed by atoms with van der Waals surface area (Å²) in [6.45, 7) is 2.28. The van der Waals surface area contributed by atoms with Crippen LogP contribution in [0.2, 0.25) is 0 Å². The van der Waals surface area contributed by atoms with E-state index in [1.807, 2.05) is 0 Å². The first-order chi connectivity index (χ1) is 9.94. The number of ketones is 1. The minimum Gasteiger partial charge on any atom is -0.355 e. The van der Waals surface area contributed by atoms with Gasteiger partial charge in [0.1, 0.15) is 6.04 Å². The number of carbonyl (C=O) groups excluding carboxylic acids is 2. The number of nitrogens with one attached hydrogen (secondary N) is 2. The topological polar surface area (TPSA) is 92.3 Å².